The highest BCUT2D eigenvalue weighted by Crippen LogP contribution is 2.49. The standard InChI is InChI=1S/C15H16BrN3O/c16-12-4-2-1-3-11(12)15(5-6-15)10-19-14(20)9-13-17-7-8-18-13/h1-4,7-8H,5-6,9-10H2,(H,17,18)(H,19,20). The van der Waals surface area contributed by atoms with Crippen LogP contribution in [-0.2, 0) is 16.6 Å². The first-order valence-corrected chi connectivity index (χ1v) is 7.49. The zero-order chi connectivity index (χ0) is 14.0. The van der Waals surface area contributed by atoms with Crippen molar-refractivity contribution >= 4 is 21.8 Å². The predicted octanol–water partition coefficient (Wildman–Crippen LogP) is 2.56. The molecule has 1 saturated carbocycles. The lowest BCUT2D eigenvalue weighted by Gasteiger charge is -2.18. The summed E-state index contributed by atoms with van der Waals surface area (Å²) < 4.78 is 1.12. The van der Waals surface area contributed by atoms with Gasteiger partial charge in [0, 0.05) is 28.8 Å². The van der Waals surface area contributed by atoms with E-state index < -0.39 is 0 Å². The molecule has 5 heteroatoms. The fraction of sp³-hybridized carbons (Fsp3) is 0.333. The van der Waals surface area contributed by atoms with Crippen molar-refractivity contribution in [3.05, 3.63) is 52.5 Å². The third kappa shape index (κ3) is 2.77. The fourth-order valence-electron chi connectivity index (χ4n) is 2.46. The first kappa shape index (κ1) is 13.4. The van der Waals surface area contributed by atoms with Gasteiger partial charge in [0.1, 0.15) is 5.82 Å². The van der Waals surface area contributed by atoms with Crippen LogP contribution in [0.4, 0.5) is 0 Å². The second kappa shape index (κ2) is 5.40. The van der Waals surface area contributed by atoms with Crippen LogP contribution in [0.1, 0.15) is 24.2 Å². The molecule has 1 aliphatic rings. The monoisotopic (exact) mass is 333 g/mol. The zero-order valence-corrected chi connectivity index (χ0v) is 12.6. The molecule has 0 unspecified atom stereocenters. The summed E-state index contributed by atoms with van der Waals surface area (Å²) in [6, 6.07) is 8.25. The largest absolute Gasteiger partial charge is 0.355 e. The van der Waals surface area contributed by atoms with Gasteiger partial charge in [0.25, 0.3) is 0 Å². The molecule has 2 aromatic rings. The molecule has 0 atom stereocenters. The third-order valence-corrected chi connectivity index (χ3v) is 4.50. The summed E-state index contributed by atoms with van der Waals surface area (Å²) in [4.78, 5) is 18.9. The van der Waals surface area contributed by atoms with Crippen LogP contribution in [0.3, 0.4) is 0 Å². The number of carbonyl (C=O) groups is 1. The van der Waals surface area contributed by atoms with E-state index >= 15 is 0 Å². The fourth-order valence-corrected chi connectivity index (χ4v) is 3.17. The minimum Gasteiger partial charge on any atom is -0.355 e. The lowest BCUT2D eigenvalue weighted by Crippen LogP contribution is -2.33. The van der Waals surface area contributed by atoms with Gasteiger partial charge in [-0.3, -0.25) is 4.79 Å². The van der Waals surface area contributed by atoms with Gasteiger partial charge in [-0.25, -0.2) is 4.98 Å². The van der Waals surface area contributed by atoms with E-state index in [9.17, 15) is 4.79 Å². The number of amides is 1. The number of halogens is 1. The second-order valence-corrected chi connectivity index (χ2v) is 6.10. The van der Waals surface area contributed by atoms with Crippen molar-refractivity contribution < 1.29 is 4.79 Å². The number of carbonyl (C=O) groups excluding carboxylic acids is 1. The van der Waals surface area contributed by atoms with E-state index in [2.05, 4.69) is 43.3 Å². The second-order valence-electron chi connectivity index (χ2n) is 5.25. The van der Waals surface area contributed by atoms with Gasteiger partial charge in [-0.15, -0.1) is 0 Å². The summed E-state index contributed by atoms with van der Waals surface area (Å²) in [5, 5.41) is 3.03. The molecule has 104 valence electrons. The molecule has 2 N–H and O–H groups in total. The third-order valence-electron chi connectivity index (χ3n) is 3.81. The number of H-pyrrole nitrogens is 1. The Kier molecular flexibility index (Phi) is 3.61. The molecule has 1 aromatic carbocycles. The number of aromatic nitrogens is 2. The average molecular weight is 334 g/mol. The van der Waals surface area contributed by atoms with Crippen LogP contribution in [0.15, 0.2) is 41.1 Å². The van der Waals surface area contributed by atoms with Crippen molar-refractivity contribution in [2.24, 2.45) is 0 Å². The number of imidazole rings is 1. The van der Waals surface area contributed by atoms with Crippen LogP contribution in [0.2, 0.25) is 0 Å². The topological polar surface area (TPSA) is 57.8 Å². The Hall–Kier alpha value is -1.62. The lowest BCUT2D eigenvalue weighted by atomic mass is 9.96. The minimum absolute atomic E-state index is 0.0123. The SMILES string of the molecule is O=C(Cc1ncc[nH]1)NCC1(c2ccccc2Br)CC1. The van der Waals surface area contributed by atoms with Crippen molar-refractivity contribution in [2.45, 2.75) is 24.7 Å². The molecule has 1 aliphatic carbocycles. The predicted molar refractivity (Wildman–Crippen MR) is 80.4 cm³/mol. The summed E-state index contributed by atoms with van der Waals surface area (Å²) in [6.45, 7) is 0.690. The minimum atomic E-state index is 0.0123. The van der Waals surface area contributed by atoms with Crippen molar-refractivity contribution in [3.63, 3.8) is 0 Å². The molecule has 1 fully saturated rings. The van der Waals surface area contributed by atoms with Gasteiger partial charge in [0.05, 0.1) is 6.42 Å². The van der Waals surface area contributed by atoms with Crippen LogP contribution in [0.5, 0.6) is 0 Å². The maximum atomic E-state index is 11.9. The highest BCUT2D eigenvalue weighted by Gasteiger charge is 2.45. The van der Waals surface area contributed by atoms with Crippen LogP contribution >= 0.6 is 15.9 Å². The lowest BCUT2D eigenvalue weighted by molar-refractivity contribution is -0.120. The van der Waals surface area contributed by atoms with Gasteiger partial charge in [0.15, 0.2) is 0 Å². The van der Waals surface area contributed by atoms with E-state index in [1.54, 1.807) is 12.4 Å². The van der Waals surface area contributed by atoms with Gasteiger partial charge in [-0.05, 0) is 24.5 Å². The van der Waals surface area contributed by atoms with Crippen molar-refractivity contribution in [3.8, 4) is 0 Å². The first-order valence-electron chi connectivity index (χ1n) is 6.70. The van der Waals surface area contributed by atoms with Crippen LogP contribution in [-0.4, -0.2) is 22.4 Å². The molecular formula is C15H16BrN3O. The Bertz CT molecular complexity index is 605. The molecule has 3 rings (SSSR count). The summed E-state index contributed by atoms with van der Waals surface area (Å²) in [7, 11) is 0. The Labute approximate surface area is 126 Å². The quantitative estimate of drug-likeness (QED) is 0.883. The molecular weight excluding hydrogens is 318 g/mol. The maximum Gasteiger partial charge on any atom is 0.227 e. The smallest absolute Gasteiger partial charge is 0.227 e. The summed E-state index contributed by atoms with van der Waals surface area (Å²) in [5.74, 6) is 0.714. The van der Waals surface area contributed by atoms with E-state index in [1.165, 1.54) is 5.56 Å². The number of hydrogen-bond donors (Lipinski definition) is 2. The molecule has 1 amide bonds. The molecule has 4 nitrogen and oxygen atoms in total. The molecule has 1 heterocycles. The van der Waals surface area contributed by atoms with Gasteiger partial charge in [-0.1, -0.05) is 34.1 Å². The number of benzene rings is 1. The molecule has 0 saturated heterocycles. The number of aromatic amines is 1. The van der Waals surface area contributed by atoms with Crippen molar-refractivity contribution in [1.82, 2.24) is 15.3 Å². The highest BCUT2D eigenvalue weighted by molar-refractivity contribution is 9.10. The zero-order valence-electron chi connectivity index (χ0n) is 11.0. The van der Waals surface area contributed by atoms with E-state index in [0.29, 0.717) is 18.8 Å². The Balaban J connectivity index is 1.61. The van der Waals surface area contributed by atoms with E-state index in [4.69, 9.17) is 0 Å². The molecule has 0 radical (unpaired) electrons. The summed E-state index contributed by atoms with van der Waals surface area (Å²) in [6.07, 6.45) is 5.94. The average Bonchev–Trinajstić information content (AvgIpc) is 3.06. The van der Waals surface area contributed by atoms with Gasteiger partial charge >= 0.3 is 0 Å². The van der Waals surface area contributed by atoms with Crippen molar-refractivity contribution in [2.75, 3.05) is 6.54 Å². The van der Waals surface area contributed by atoms with Crippen LogP contribution in [0.25, 0.3) is 0 Å². The van der Waals surface area contributed by atoms with Crippen molar-refractivity contribution in [1.29, 1.82) is 0 Å². The number of nitrogens with one attached hydrogen (secondary N) is 2. The van der Waals surface area contributed by atoms with E-state index in [0.717, 1.165) is 17.3 Å². The maximum absolute atomic E-state index is 11.9. The normalized spacial score (nSPS) is 15.8. The first-order chi connectivity index (χ1) is 9.70. The van der Waals surface area contributed by atoms with Crippen LogP contribution < -0.4 is 5.32 Å². The molecule has 20 heavy (non-hydrogen) atoms. The van der Waals surface area contributed by atoms with E-state index in [-0.39, 0.29) is 11.3 Å². The highest BCUT2D eigenvalue weighted by atomic mass is 79.9. The molecule has 0 bridgehead atoms. The molecule has 0 aliphatic heterocycles. The molecule has 1 aromatic heterocycles. The number of nitrogens with zero attached hydrogens (tertiary/aromatic N) is 1. The van der Waals surface area contributed by atoms with Gasteiger partial charge in [0.2, 0.25) is 5.91 Å². The van der Waals surface area contributed by atoms with E-state index in [1.807, 2.05) is 12.1 Å². The number of hydrogen-bond acceptors (Lipinski definition) is 2. The Morgan fingerprint density at radius 3 is 2.85 bits per heavy atom. The number of rotatable bonds is 5. The van der Waals surface area contributed by atoms with Gasteiger partial charge < -0.3 is 10.3 Å². The summed E-state index contributed by atoms with van der Waals surface area (Å²) in [5.41, 5.74) is 1.40. The summed E-state index contributed by atoms with van der Waals surface area (Å²) >= 11 is 3.60. The van der Waals surface area contributed by atoms with Crippen LogP contribution in [0, 0.1) is 0 Å². The Morgan fingerprint density at radius 2 is 2.20 bits per heavy atom. The molecule has 0 spiro atoms. The Morgan fingerprint density at radius 1 is 1.40 bits per heavy atom. The van der Waals surface area contributed by atoms with Gasteiger partial charge in [-0.2, -0.15) is 0 Å².